The van der Waals surface area contributed by atoms with E-state index in [2.05, 4.69) is 41.1 Å². The van der Waals surface area contributed by atoms with E-state index in [1.807, 2.05) is 60.8 Å². The third kappa shape index (κ3) is 3.84. The Morgan fingerprint density at radius 1 is 0.889 bits per heavy atom. The molecule has 0 fully saturated rings. The minimum Gasteiger partial charge on any atom is -0.361 e. The van der Waals surface area contributed by atoms with Crippen LogP contribution in [0.3, 0.4) is 0 Å². The normalized spacial score (nSPS) is 11.0. The van der Waals surface area contributed by atoms with Crippen molar-refractivity contribution in [3.8, 4) is 0 Å². The number of nitrogens with zero attached hydrogens (tertiary/aromatic N) is 4. The van der Waals surface area contributed by atoms with Crippen LogP contribution >= 0.6 is 0 Å². The van der Waals surface area contributed by atoms with Crippen molar-refractivity contribution in [2.75, 3.05) is 23.1 Å². The molecule has 0 unspecified atom stereocenters. The Morgan fingerprint density at radius 2 is 1.63 bits per heavy atom. The minimum atomic E-state index is 0.337. The molecular weight excluding hydrogens is 340 g/mol. The van der Waals surface area contributed by atoms with Gasteiger partial charge in [-0.05, 0) is 18.2 Å². The molecule has 0 aliphatic rings. The van der Waals surface area contributed by atoms with Gasteiger partial charge < -0.3 is 15.6 Å². The highest BCUT2D eigenvalue weighted by Crippen LogP contribution is 2.17. The van der Waals surface area contributed by atoms with Gasteiger partial charge >= 0.3 is 0 Å². The molecule has 4 rings (SSSR count). The van der Waals surface area contributed by atoms with Crippen LogP contribution in [0, 0.1) is 0 Å². The number of benzene rings is 2. The maximum Gasteiger partial charge on any atom is 0.250 e. The molecule has 0 atom stereocenters. The lowest BCUT2D eigenvalue weighted by Gasteiger charge is -2.08. The van der Waals surface area contributed by atoms with Crippen molar-refractivity contribution >= 4 is 40.6 Å². The molecule has 0 saturated heterocycles. The van der Waals surface area contributed by atoms with Gasteiger partial charge in [0.05, 0.1) is 6.21 Å². The van der Waals surface area contributed by atoms with E-state index in [9.17, 15) is 0 Å². The molecule has 2 aromatic heterocycles. The van der Waals surface area contributed by atoms with Crippen LogP contribution in [0.1, 0.15) is 5.56 Å². The Bertz CT molecular complexity index is 1070. The summed E-state index contributed by atoms with van der Waals surface area (Å²) in [5.41, 5.74) is 5.79. The molecule has 0 bridgehead atoms. The minimum absolute atomic E-state index is 0.337. The number of fused-ring (bicyclic) bond motifs is 1. The average molecular weight is 358 g/mol. The first-order valence-electron chi connectivity index (χ1n) is 8.43. The SMILES string of the molecule is CNc1nc(NN=Cc2c[nH]c3ccccc23)nc(Nc2ccccc2)n1. The molecule has 0 radical (unpaired) electrons. The van der Waals surface area contributed by atoms with Crippen molar-refractivity contribution in [2.24, 2.45) is 5.10 Å². The van der Waals surface area contributed by atoms with Crippen LogP contribution < -0.4 is 16.1 Å². The van der Waals surface area contributed by atoms with Crippen LogP contribution in [-0.2, 0) is 0 Å². The van der Waals surface area contributed by atoms with Crippen LogP contribution in [0.25, 0.3) is 10.9 Å². The van der Waals surface area contributed by atoms with E-state index in [0.29, 0.717) is 17.8 Å². The Labute approximate surface area is 155 Å². The number of rotatable bonds is 6. The highest BCUT2D eigenvalue weighted by molar-refractivity contribution is 5.99. The molecule has 134 valence electrons. The van der Waals surface area contributed by atoms with Crippen LogP contribution in [0.5, 0.6) is 0 Å². The molecule has 4 N–H and O–H groups in total. The molecule has 0 spiro atoms. The quantitative estimate of drug-likeness (QED) is 0.310. The first-order chi connectivity index (χ1) is 13.3. The maximum atomic E-state index is 4.35. The summed E-state index contributed by atoms with van der Waals surface area (Å²) >= 11 is 0. The number of hydrogen-bond donors (Lipinski definition) is 4. The predicted octanol–water partition coefficient (Wildman–Crippen LogP) is 3.58. The van der Waals surface area contributed by atoms with Crippen molar-refractivity contribution in [1.82, 2.24) is 19.9 Å². The summed E-state index contributed by atoms with van der Waals surface area (Å²) in [5, 5.41) is 11.4. The zero-order valence-electron chi connectivity index (χ0n) is 14.6. The van der Waals surface area contributed by atoms with E-state index in [1.54, 1.807) is 13.3 Å². The Morgan fingerprint density at radius 3 is 2.48 bits per heavy atom. The number of nitrogens with one attached hydrogen (secondary N) is 4. The second-order valence-corrected chi connectivity index (χ2v) is 5.71. The molecule has 2 aromatic carbocycles. The zero-order valence-corrected chi connectivity index (χ0v) is 14.6. The first kappa shape index (κ1) is 16.5. The lowest BCUT2D eigenvalue weighted by molar-refractivity contribution is 1.04. The molecule has 4 aromatic rings. The molecule has 0 aliphatic heterocycles. The van der Waals surface area contributed by atoms with E-state index < -0.39 is 0 Å². The summed E-state index contributed by atoms with van der Waals surface area (Å²) < 4.78 is 0. The van der Waals surface area contributed by atoms with Crippen LogP contribution in [0.2, 0.25) is 0 Å². The number of hydrazone groups is 1. The molecule has 8 nitrogen and oxygen atoms in total. The van der Waals surface area contributed by atoms with Crippen LogP contribution in [0.15, 0.2) is 65.9 Å². The highest BCUT2D eigenvalue weighted by atomic mass is 15.4. The van der Waals surface area contributed by atoms with Gasteiger partial charge in [-0.15, -0.1) is 0 Å². The smallest absolute Gasteiger partial charge is 0.250 e. The van der Waals surface area contributed by atoms with Crippen molar-refractivity contribution < 1.29 is 0 Å². The van der Waals surface area contributed by atoms with Gasteiger partial charge in [-0.25, -0.2) is 5.43 Å². The van der Waals surface area contributed by atoms with Gasteiger partial charge in [-0.1, -0.05) is 36.4 Å². The molecule has 0 aliphatic carbocycles. The fourth-order valence-corrected chi connectivity index (χ4v) is 2.60. The summed E-state index contributed by atoms with van der Waals surface area (Å²) in [5.74, 6) is 1.20. The molecule has 0 saturated carbocycles. The molecule has 2 heterocycles. The number of para-hydroxylation sites is 2. The summed E-state index contributed by atoms with van der Waals surface area (Å²) in [4.78, 5) is 16.1. The monoisotopic (exact) mass is 358 g/mol. The number of aromatic amines is 1. The topological polar surface area (TPSA) is 103 Å². The molecule has 8 heteroatoms. The van der Waals surface area contributed by atoms with E-state index in [0.717, 1.165) is 22.2 Å². The van der Waals surface area contributed by atoms with E-state index in [-0.39, 0.29) is 0 Å². The fourth-order valence-electron chi connectivity index (χ4n) is 2.60. The van der Waals surface area contributed by atoms with Gasteiger partial charge in [0.15, 0.2) is 0 Å². The number of H-pyrrole nitrogens is 1. The zero-order chi connectivity index (χ0) is 18.5. The van der Waals surface area contributed by atoms with Crippen molar-refractivity contribution in [3.05, 3.63) is 66.4 Å². The predicted molar refractivity (Wildman–Crippen MR) is 109 cm³/mol. The van der Waals surface area contributed by atoms with Crippen LogP contribution in [0.4, 0.5) is 23.5 Å². The summed E-state index contributed by atoms with van der Waals surface area (Å²) in [6.45, 7) is 0. The van der Waals surface area contributed by atoms with Crippen LogP contribution in [-0.4, -0.2) is 33.2 Å². The van der Waals surface area contributed by atoms with Crippen molar-refractivity contribution in [3.63, 3.8) is 0 Å². The third-order valence-corrected chi connectivity index (χ3v) is 3.88. The van der Waals surface area contributed by atoms with E-state index in [4.69, 9.17) is 0 Å². The highest BCUT2D eigenvalue weighted by Gasteiger charge is 2.06. The fraction of sp³-hybridized carbons (Fsp3) is 0.0526. The van der Waals surface area contributed by atoms with Crippen molar-refractivity contribution in [1.29, 1.82) is 0 Å². The Balaban J connectivity index is 1.53. The third-order valence-electron chi connectivity index (χ3n) is 3.88. The van der Waals surface area contributed by atoms with E-state index in [1.165, 1.54) is 0 Å². The Hall–Kier alpha value is -3.94. The van der Waals surface area contributed by atoms with Gasteiger partial charge in [0.25, 0.3) is 0 Å². The van der Waals surface area contributed by atoms with Gasteiger partial charge in [-0.3, -0.25) is 0 Å². The van der Waals surface area contributed by atoms with Gasteiger partial charge in [0.1, 0.15) is 0 Å². The number of hydrogen-bond acceptors (Lipinski definition) is 7. The first-order valence-corrected chi connectivity index (χ1v) is 8.43. The molecule has 27 heavy (non-hydrogen) atoms. The lowest BCUT2D eigenvalue weighted by Crippen LogP contribution is -2.07. The molecular formula is C19H18N8. The van der Waals surface area contributed by atoms with E-state index >= 15 is 0 Å². The number of anilines is 4. The summed E-state index contributed by atoms with van der Waals surface area (Å²) in [6.07, 6.45) is 3.64. The van der Waals surface area contributed by atoms with Gasteiger partial charge in [0, 0.05) is 35.4 Å². The van der Waals surface area contributed by atoms with Crippen molar-refractivity contribution in [2.45, 2.75) is 0 Å². The summed E-state index contributed by atoms with van der Waals surface area (Å²) in [6, 6.07) is 17.7. The maximum absolute atomic E-state index is 4.35. The molecule has 0 amide bonds. The standard InChI is InChI=1S/C19H18N8/c1-20-17-24-18(23-14-7-3-2-4-8-14)26-19(25-17)27-22-12-13-11-21-16-10-6-5-9-15(13)16/h2-12,21H,1H3,(H3,20,23,24,25,26,27). The Kier molecular flexibility index (Phi) is 4.60. The second-order valence-electron chi connectivity index (χ2n) is 5.71. The summed E-state index contributed by atoms with van der Waals surface area (Å²) in [7, 11) is 1.75. The second kappa shape index (κ2) is 7.52. The number of aromatic nitrogens is 4. The lowest BCUT2D eigenvalue weighted by atomic mass is 10.2. The largest absolute Gasteiger partial charge is 0.361 e. The van der Waals surface area contributed by atoms with Gasteiger partial charge in [0.2, 0.25) is 17.8 Å². The van der Waals surface area contributed by atoms with Gasteiger partial charge in [-0.2, -0.15) is 20.1 Å². The average Bonchev–Trinajstić information content (AvgIpc) is 3.12.